The Kier molecular flexibility index (Phi) is 3.50. The van der Waals surface area contributed by atoms with Crippen LogP contribution in [0.3, 0.4) is 0 Å². The molecular weight excluding hydrogens is 313 g/mol. The van der Waals surface area contributed by atoms with Gasteiger partial charge in [0.1, 0.15) is 0 Å². The maximum absolute atomic E-state index is 12.5. The van der Waals surface area contributed by atoms with Crippen LogP contribution in [-0.4, -0.2) is 13.9 Å². The quantitative estimate of drug-likeness (QED) is 0.807. The van der Waals surface area contributed by atoms with Crippen LogP contribution in [0, 0.1) is 11.8 Å². The molecule has 0 fully saturated rings. The summed E-state index contributed by atoms with van der Waals surface area (Å²) in [7, 11) is 0. The topological polar surface area (TPSA) is 48.9 Å². The molecule has 0 radical (unpaired) electrons. The van der Waals surface area contributed by atoms with Crippen LogP contribution in [0.15, 0.2) is 27.8 Å². The monoisotopic (exact) mass is 327 g/mol. The molecule has 0 N–H and O–H groups in total. The third kappa shape index (κ3) is 2.34. The molecule has 0 saturated heterocycles. The number of benzene rings is 1. The average Bonchev–Trinajstić information content (AvgIpc) is 2.62. The molecule has 2 aromatic rings. The zero-order chi connectivity index (χ0) is 15.3. The van der Waals surface area contributed by atoms with Gasteiger partial charge >= 0.3 is 11.4 Å². The fourth-order valence-corrected chi connectivity index (χ4v) is 3.18. The zero-order valence-electron chi connectivity index (χ0n) is 11.7. The SMILES string of the molecule is CC1Cn2c(=O)n(-c3cc(Cl)cc(Cl)c3)c(=O)n2CC1C. The normalized spacial score (nSPS) is 21.3. The second-order valence-electron chi connectivity index (χ2n) is 5.65. The lowest BCUT2D eigenvalue weighted by molar-refractivity contribution is 0.196. The van der Waals surface area contributed by atoms with Crippen molar-refractivity contribution < 1.29 is 0 Å². The largest absolute Gasteiger partial charge is 0.351 e. The number of fused-ring (bicyclic) bond motifs is 1. The summed E-state index contributed by atoms with van der Waals surface area (Å²) in [6.45, 7) is 5.24. The first-order chi connectivity index (χ1) is 9.88. The Morgan fingerprint density at radius 2 is 1.33 bits per heavy atom. The van der Waals surface area contributed by atoms with Gasteiger partial charge in [-0.15, -0.1) is 0 Å². The predicted octanol–water partition coefficient (Wildman–Crippen LogP) is 2.39. The van der Waals surface area contributed by atoms with Crippen molar-refractivity contribution in [1.82, 2.24) is 13.9 Å². The summed E-state index contributed by atoms with van der Waals surface area (Å²) in [6.07, 6.45) is 0. The van der Waals surface area contributed by atoms with Crippen LogP contribution in [0.25, 0.3) is 5.69 Å². The van der Waals surface area contributed by atoms with Crippen molar-refractivity contribution in [1.29, 1.82) is 0 Å². The molecule has 1 aromatic heterocycles. The smallest absolute Gasteiger partial charge is 0.246 e. The van der Waals surface area contributed by atoms with Crippen molar-refractivity contribution >= 4 is 23.2 Å². The van der Waals surface area contributed by atoms with Gasteiger partial charge in [0.2, 0.25) is 0 Å². The van der Waals surface area contributed by atoms with E-state index >= 15 is 0 Å². The highest BCUT2D eigenvalue weighted by Gasteiger charge is 2.27. The van der Waals surface area contributed by atoms with Gasteiger partial charge in [0, 0.05) is 23.1 Å². The Morgan fingerprint density at radius 3 is 1.76 bits per heavy atom. The number of hydrogen-bond donors (Lipinski definition) is 0. The first-order valence-electron chi connectivity index (χ1n) is 6.77. The first kappa shape index (κ1) is 14.5. The van der Waals surface area contributed by atoms with Gasteiger partial charge in [0.25, 0.3) is 0 Å². The Morgan fingerprint density at radius 1 is 0.905 bits per heavy atom. The number of aromatic nitrogens is 3. The van der Waals surface area contributed by atoms with E-state index in [4.69, 9.17) is 23.2 Å². The zero-order valence-corrected chi connectivity index (χ0v) is 13.2. The van der Waals surface area contributed by atoms with E-state index in [0.29, 0.717) is 40.7 Å². The van der Waals surface area contributed by atoms with Gasteiger partial charge in [-0.3, -0.25) is 0 Å². The molecule has 0 spiro atoms. The van der Waals surface area contributed by atoms with Crippen molar-refractivity contribution in [3.8, 4) is 5.69 Å². The molecule has 7 heteroatoms. The van der Waals surface area contributed by atoms with Crippen LogP contribution in [0.2, 0.25) is 10.0 Å². The van der Waals surface area contributed by atoms with Crippen molar-refractivity contribution in [2.24, 2.45) is 11.8 Å². The van der Waals surface area contributed by atoms with E-state index in [-0.39, 0.29) is 11.4 Å². The van der Waals surface area contributed by atoms with Gasteiger partial charge in [-0.05, 0) is 30.0 Å². The third-order valence-electron chi connectivity index (χ3n) is 4.11. The van der Waals surface area contributed by atoms with Crippen molar-refractivity contribution in [2.45, 2.75) is 26.9 Å². The van der Waals surface area contributed by atoms with Gasteiger partial charge in [0.05, 0.1) is 5.69 Å². The fourth-order valence-electron chi connectivity index (χ4n) is 2.67. The molecule has 1 aromatic carbocycles. The third-order valence-corrected chi connectivity index (χ3v) is 4.55. The second kappa shape index (κ2) is 5.07. The van der Waals surface area contributed by atoms with Crippen LogP contribution in [-0.2, 0) is 13.1 Å². The predicted molar refractivity (Wildman–Crippen MR) is 82.6 cm³/mol. The highest BCUT2D eigenvalue weighted by Crippen LogP contribution is 2.22. The standard InChI is InChI=1S/C14H15Cl2N3O2/c1-8-6-17-13(20)19(14(21)18(17)7-9(8)2)12-4-10(15)3-11(16)5-12/h3-5,8-9H,6-7H2,1-2H3. The molecule has 0 aliphatic carbocycles. The highest BCUT2D eigenvalue weighted by molar-refractivity contribution is 6.34. The Balaban J connectivity index is 2.24. The summed E-state index contributed by atoms with van der Waals surface area (Å²) < 4.78 is 4.13. The summed E-state index contributed by atoms with van der Waals surface area (Å²) in [5, 5.41) is 0.777. The summed E-state index contributed by atoms with van der Waals surface area (Å²) in [4.78, 5) is 25.1. The summed E-state index contributed by atoms with van der Waals surface area (Å²) in [6, 6.07) is 4.70. The van der Waals surface area contributed by atoms with E-state index in [1.807, 2.05) is 0 Å². The maximum atomic E-state index is 12.5. The van der Waals surface area contributed by atoms with Crippen molar-refractivity contribution in [3.05, 3.63) is 49.2 Å². The molecule has 0 amide bonds. The molecule has 5 nitrogen and oxygen atoms in total. The minimum absolute atomic E-state index is 0.348. The van der Waals surface area contributed by atoms with Crippen LogP contribution < -0.4 is 11.4 Å². The van der Waals surface area contributed by atoms with Crippen LogP contribution in [0.5, 0.6) is 0 Å². The molecule has 2 heterocycles. The minimum atomic E-state index is -0.350. The van der Waals surface area contributed by atoms with Crippen LogP contribution in [0.4, 0.5) is 0 Å². The van der Waals surface area contributed by atoms with E-state index in [9.17, 15) is 9.59 Å². The molecule has 112 valence electrons. The van der Waals surface area contributed by atoms with E-state index < -0.39 is 0 Å². The molecule has 2 atom stereocenters. The number of nitrogens with zero attached hydrogens (tertiary/aromatic N) is 3. The van der Waals surface area contributed by atoms with Gasteiger partial charge < -0.3 is 0 Å². The number of rotatable bonds is 1. The van der Waals surface area contributed by atoms with Crippen LogP contribution >= 0.6 is 23.2 Å². The average molecular weight is 328 g/mol. The molecule has 0 saturated carbocycles. The Hall–Kier alpha value is -1.46. The summed E-state index contributed by atoms with van der Waals surface area (Å²) in [5.74, 6) is 0.696. The van der Waals surface area contributed by atoms with E-state index in [2.05, 4.69) is 13.8 Å². The van der Waals surface area contributed by atoms with Crippen LogP contribution in [0.1, 0.15) is 13.8 Å². The lowest BCUT2D eigenvalue weighted by Crippen LogP contribution is -2.38. The molecule has 0 bridgehead atoms. The fraction of sp³-hybridized carbons (Fsp3) is 0.429. The van der Waals surface area contributed by atoms with Gasteiger partial charge in [-0.2, -0.15) is 0 Å². The summed E-state index contributed by atoms with van der Waals surface area (Å²) >= 11 is 11.9. The van der Waals surface area contributed by atoms with Gasteiger partial charge in [-0.25, -0.2) is 23.5 Å². The lowest BCUT2D eigenvalue weighted by atomic mass is 9.95. The Bertz CT molecular complexity index is 757. The highest BCUT2D eigenvalue weighted by atomic mass is 35.5. The number of halogens is 2. The molecule has 2 unspecified atom stereocenters. The molecule has 21 heavy (non-hydrogen) atoms. The van der Waals surface area contributed by atoms with E-state index in [0.717, 1.165) is 4.57 Å². The molecule has 1 aliphatic rings. The van der Waals surface area contributed by atoms with E-state index in [1.54, 1.807) is 18.2 Å². The van der Waals surface area contributed by atoms with Gasteiger partial charge in [-0.1, -0.05) is 37.0 Å². The maximum Gasteiger partial charge on any atom is 0.351 e. The van der Waals surface area contributed by atoms with Gasteiger partial charge in [0.15, 0.2) is 0 Å². The summed E-state index contributed by atoms with van der Waals surface area (Å²) in [5.41, 5.74) is -0.300. The molecule has 1 aliphatic heterocycles. The number of hydrogen-bond acceptors (Lipinski definition) is 2. The molecule has 3 rings (SSSR count). The minimum Gasteiger partial charge on any atom is -0.246 e. The first-order valence-corrected chi connectivity index (χ1v) is 7.53. The molecular formula is C14H15Cl2N3O2. The lowest BCUT2D eigenvalue weighted by Gasteiger charge is -2.27. The second-order valence-corrected chi connectivity index (χ2v) is 6.52. The van der Waals surface area contributed by atoms with Crippen molar-refractivity contribution in [3.63, 3.8) is 0 Å². The Labute approximate surface area is 131 Å². The van der Waals surface area contributed by atoms with Crippen molar-refractivity contribution in [2.75, 3.05) is 0 Å². The van der Waals surface area contributed by atoms with E-state index in [1.165, 1.54) is 9.36 Å².